The van der Waals surface area contributed by atoms with Gasteiger partial charge in [-0.15, -0.1) is 19.4 Å². The Labute approximate surface area is 206 Å². The molecule has 0 radical (unpaired) electrons. The van der Waals surface area contributed by atoms with E-state index < -0.39 is 0 Å². The van der Waals surface area contributed by atoms with Crippen molar-refractivity contribution in [2.24, 2.45) is 0 Å². The fourth-order valence-corrected chi connectivity index (χ4v) is 5.66. The van der Waals surface area contributed by atoms with Gasteiger partial charge in [0.2, 0.25) is 0 Å². The molecule has 2 aromatic heterocycles. The molecular formula is C23H30IN6OP. The van der Waals surface area contributed by atoms with Crippen LogP contribution in [0.15, 0.2) is 36.7 Å². The molecule has 0 saturated carbocycles. The predicted octanol–water partition coefficient (Wildman–Crippen LogP) is 4.51. The molecule has 0 spiro atoms. The minimum absolute atomic E-state index is 0.0734. The smallest absolute Gasteiger partial charge is 0.192 e. The van der Waals surface area contributed by atoms with Crippen molar-refractivity contribution < 1.29 is 3.07 Å². The highest BCUT2D eigenvalue weighted by molar-refractivity contribution is 14.1. The van der Waals surface area contributed by atoms with Gasteiger partial charge in [-0.25, -0.2) is 0 Å². The Morgan fingerprint density at radius 3 is 2.38 bits per heavy atom. The Morgan fingerprint density at radius 1 is 1.09 bits per heavy atom. The lowest BCUT2D eigenvalue weighted by Crippen LogP contribution is -2.62. The molecule has 0 aliphatic carbocycles. The van der Waals surface area contributed by atoms with E-state index in [0.29, 0.717) is 6.04 Å². The van der Waals surface area contributed by atoms with Crippen LogP contribution in [-0.4, -0.2) is 44.6 Å². The van der Waals surface area contributed by atoms with E-state index in [4.69, 9.17) is 3.07 Å². The van der Waals surface area contributed by atoms with Gasteiger partial charge in [0.05, 0.1) is 11.9 Å². The topological polar surface area (TPSA) is 79.0 Å². The van der Waals surface area contributed by atoms with E-state index in [1.54, 1.807) is 0 Å². The number of benzene rings is 1. The van der Waals surface area contributed by atoms with Crippen LogP contribution in [0.3, 0.4) is 0 Å². The van der Waals surface area contributed by atoms with Gasteiger partial charge >= 0.3 is 0 Å². The van der Waals surface area contributed by atoms with Crippen molar-refractivity contribution in [1.29, 1.82) is 0 Å². The Balaban J connectivity index is 1.63. The highest BCUT2D eigenvalue weighted by Crippen LogP contribution is 2.36. The number of nitrogens with one attached hydrogen (secondary N) is 2. The molecule has 2 N–H and O–H groups in total. The number of H-pyrrole nitrogens is 1. The number of nitrogens with zero attached hydrogens (tertiary/aromatic N) is 4. The normalized spacial score (nSPS) is 17.8. The summed E-state index contributed by atoms with van der Waals surface area (Å²) in [5, 5.41) is 20.9. The van der Waals surface area contributed by atoms with E-state index in [0.717, 1.165) is 52.1 Å². The summed E-state index contributed by atoms with van der Waals surface area (Å²) < 4.78 is 5.62. The first-order chi connectivity index (χ1) is 15.1. The molecule has 1 aliphatic heterocycles. The summed E-state index contributed by atoms with van der Waals surface area (Å²) in [6, 6.07) is 8.53. The van der Waals surface area contributed by atoms with Gasteiger partial charge in [-0.3, -0.25) is 5.10 Å². The Bertz CT molecular complexity index is 1070. The number of hydrogen-bond acceptors (Lipinski definition) is 6. The monoisotopic (exact) mass is 564 g/mol. The van der Waals surface area contributed by atoms with Crippen LogP contribution in [0.2, 0.25) is 0 Å². The average Bonchev–Trinajstić information content (AvgIpc) is 3.25. The van der Waals surface area contributed by atoms with Crippen LogP contribution in [0, 0.1) is 0 Å². The highest BCUT2D eigenvalue weighted by atomic mass is 127. The van der Waals surface area contributed by atoms with Crippen molar-refractivity contribution in [2.45, 2.75) is 57.7 Å². The molecule has 3 heterocycles. The van der Waals surface area contributed by atoms with Crippen molar-refractivity contribution in [3.63, 3.8) is 0 Å². The van der Waals surface area contributed by atoms with Crippen LogP contribution < -0.4 is 18.6 Å². The zero-order chi connectivity index (χ0) is 23.1. The summed E-state index contributed by atoms with van der Waals surface area (Å²) in [5.41, 5.74) is 3.88. The maximum absolute atomic E-state index is 5.62. The molecule has 1 fully saturated rings. The maximum atomic E-state index is 5.62. The largest absolute Gasteiger partial charge is 0.427 e. The molecule has 3 aromatic rings. The van der Waals surface area contributed by atoms with Crippen molar-refractivity contribution in [3.8, 4) is 28.1 Å². The fraction of sp³-hybridized carbons (Fsp3) is 0.435. The number of rotatable bonds is 5. The van der Waals surface area contributed by atoms with Gasteiger partial charge in [-0.1, -0.05) is 0 Å². The number of hydrogen-bond donors (Lipinski definition) is 2. The second kappa shape index (κ2) is 8.88. The average molecular weight is 564 g/mol. The van der Waals surface area contributed by atoms with Gasteiger partial charge in [0.1, 0.15) is 5.75 Å². The molecule has 9 heteroatoms. The van der Waals surface area contributed by atoms with Gasteiger partial charge in [0.25, 0.3) is 0 Å². The van der Waals surface area contributed by atoms with Gasteiger partial charge in [0, 0.05) is 41.5 Å². The van der Waals surface area contributed by atoms with Gasteiger partial charge in [-0.2, -0.15) is 5.10 Å². The van der Waals surface area contributed by atoms with Gasteiger partial charge in [0.15, 0.2) is 28.8 Å². The molecule has 1 aromatic carbocycles. The quantitative estimate of drug-likeness (QED) is 0.351. The predicted molar refractivity (Wildman–Crippen MR) is 142 cm³/mol. The zero-order valence-corrected chi connectivity index (χ0v) is 22.4. The second-order valence-corrected chi connectivity index (χ2v) is 10.9. The lowest BCUT2D eigenvalue weighted by atomic mass is 9.79. The lowest BCUT2D eigenvalue weighted by Gasteiger charge is -2.49. The summed E-state index contributed by atoms with van der Waals surface area (Å²) in [7, 11) is 4.88. The minimum atomic E-state index is 0.0734. The molecule has 0 bridgehead atoms. The molecule has 4 rings (SSSR count). The Hall–Kier alpha value is -1.77. The lowest BCUT2D eigenvalue weighted by molar-refractivity contribution is 0.160. The Morgan fingerprint density at radius 2 is 1.81 bits per heavy atom. The summed E-state index contributed by atoms with van der Waals surface area (Å²) in [5.74, 6) is 1.63. The maximum Gasteiger partial charge on any atom is 0.192 e. The first kappa shape index (κ1) is 23.4. The molecule has 1 unspecified atom stereocenters. The zero-order valence-electron chi connectivity index (χ0n) is 19.1. The van der Waals surface area contributed by atoms with Crippen LogP contribution in [0.1, 0.15) is 40.5 Å². The first-order valence-corrected chi connectivity index (χ1v) is 12.1. The number of aromatic nitrogens is 4. The standard InChI is InChI=1S/C23H30IN6OP/c1-22(2)10-15(11-23(3,4)29-22)30(5)21-7-6-18(27-28-21)17-8-16(14-12-25-26-13-14)20(32)9-19(17)31-24/h6-9,12-13,15,29H,10-11,32H2,1-5H3,(H,25,26). The highest BCUT2D eigenvalue weighted by Gasteiger charge is 2.39. The molecule has 32 heavy (non-hydrogen) atoms. The second-order valence-electron chi connectivity index (χ2n) is 9.84. The summed E-state index contributed by atoms with van der Waals surface area (Å²) >= 11 is 1.91. The van der Waals surface area contributed by atoms with Gasteiger partial charge in [-0.05, 0) is 75.7 Å². The SMILES string of the molecule is CN(c1ccc(-c2cc(-c3cn[nH]c3)c(P)cc2OI)nn1)C1CC(C)(C)NC(C)(C)C1. The van der Waals surface area contributed by atoms with Crippen LogP contribution in [0.4, 0.5) is 5.82 Å². The van der Waals surface area contributed by atoms with Crippen LogP contribution >= 0.6 is 32.2 Å². The first-order valence-electron chi connectivity index (χ1n) is 10.7. The van der Waals surface area contributed by atoms with E-state index in [9.17, 15) is 0 Å². The third-order valence-electron chi connectivity index (χ3n) is 6.05. The summed E-state index contributed by atoms with van der Waals surface area (Å²) in [6.07, 6.45) is 5.78. The number of aromatic amines is 1. The van der Waals surface area contributed by atoms with Crippen LogP contribution in [-0.2, 0) is 0 Å². The number of anilines is 1. The third kappa shape index (κ3) is 4.92. The van der Waals surface area contributed by atoms with Crippen LogP contribution in [0.5, 0.6) is 5.75 Å². The van der Waals surface area contributed by atoms with E-state index in [1.165, 1.54) is 0 Å². The minimum Gasteiger partial charge on any atom is -0.427 e. The summed E-state index contributed by atoms with van der Waals surface area (Å²) in [6.45, 7) is 9.06. The van der Waals surface area contributed by atoms with Crippen molar-refractivity contribution in [2.75, 3.05) is 11.9 Å². The Kier molecular flexibility index (Phi) is 6.49. The third-order valence-corrected chi connectivity index (χ3v) is 7.00. The molecule has 0 amide bonds. The molecule has 1 saturated heterocycles. The van der Waals surface area contributed by atoms with E-state index in [2.05, 4.69) is 80.7 Å². The van der Waals surface area contributed by atoms with Gasteiger partial charge < -0.3 is 13.3 Å². The van der Waals surface area contributed by atoms with E-state index in [-0.39, 0.29) is 11.1 Å². The van der Waals surface area contributed by atoms with Crippen molar-refractivity contribution in [1.82, 2.24) is 25.7 Å². The molecule has 1 atom stereocenters. The summed E-state index contributed by atoms with van der Waals surface area (Å²) in [4.78, 5) is 2.26. The number of halogens is 1. The van der Waals surface area contributed by atoms with Crippen molar-refractivity contribution in [3.05, 3.63) is 36.7 Å². The molecule has 1 aliphatic rings. The molecule has 170 valence electrons. The van der Waals surface area contributed by atoms with Crippen molar-refractivity contribution >= 4 is 43.4 Å². The number of piperidine rings is 1. The van der Waals surface area contributed by atoms with E-state index >= 15 is 0 Å². The van der Waals surface area contributed by atoms with Crippen LogP contribution in [0.25, 0.3) is 22.4 Å². The molecular weight excluding hydrogens is 534 g/mol. The fourth-order valence-electron chi connectivity index (χ4n) is 4.89. The molecule has 7 nitrogen and oxygen atoms in total. The van der Waals surface area contributed by atoms with E-state index in [1.807, 2.05) is 53.6 Å².